The van der Waals surface area contributed by atoms with Crippen molar-refractivity contribution in [2.45, 2.75) is 0 Å². The lowest BCUT2D eigenvalue weighted by Crippen LogP contribution is -2.16. The summed E-state index contributed by atoms with van der Waals surface area (Å²) in [5.74, 6) is -0.939. The van der Waals surface area contributed by atoms with E-state index in [2.05, 4.69) is 5.32 Å². The van der Waals surface area contributed by atoms with Crippen LogP contribution >= 0.6 is 11.3 Å². The standard InChI is InChI=1S/C13H9N3O2S/c14-7-8-1-3-9(4-2-8)12(18)16-13-10(11(15)17)5-6-19-13/h1-6H,(H2,15,17)(H,16,18). The van der Waals surface area contributed by atoms with Crippen molar-refractivity contribution < 1.29 is 9.59 Å². The second-order valence-corrected chi connectivity index (χ2v) is 4.59. The van der Waals surface area contributed by atoms with Crippen LogP contribution in [0.3, 0.4) is 0 Å². The van der Waals surface area contributed by atoms with Gasteiger partial charge in [0.1, 0.15) is 5.00 Å². The van der Waals surface area contributed by atoms with Crippen molar-refractivity contribution >= 4 is 28.2 Å². The SMILES string of the molecule is N#Cc1ccc(C(=O)Nc2sccc2C(N)=O)cc1. The zero-order valence-corrected chi connectivity index (χ0v) is 10.5. The second kappa shape index (κ2) is 5.33. The van der Waals surface area contributed by atoms with Crippen LogP contribution in [0, 0.1) is 11.3 Å². The maximum atomic E-state index is 11.9. The maximum absolute atomic E-state index is 11.9. The van der Waals surface area contributed by atoms with Crippen LogP contribution in [0.1, 0.15) is 26.3 Å². The molecule has 1 aromatic carbocycles. The lowest BCUT2D eigenvalue weighted by molar-refractivity contribution is 0.100. The van der Waals surface area contributed by atoms with E-state index in [1.807, 2.05) is 6.07 Å². The molecule has 2 aromatic rings. The molecule has 0 fully saturated rings. The summed E-state index contributed by atoms with van der Waals surface area (Å²) in [6.07, 6.45) is 0. The normalized spacial score (nSPS) is 9.63. The molecular formula is C13H9N3O2S. The molecule has 0 bridgehead atoms. The van der Waals surface area contributed by atoms with Gasteiger partial charge in [0.25, 0.3) is 11.8 Å². The lowest BCUT2D eigenvalue weighted by atomic mass is 10.1. The molecule has 19 heavy (non-hydrogen) atoms. The monoisotopic (exact) mass is 271 g/mol. The first-order valence-corrected chi connectivity index (χ1v) is 6.18. The van der Waals surface area contributed by atoms with E-state index in [0.717, 1.165) is 0 Å². The Morgan fingerprint density at radius 3 is 2.47 bits per heavy atom. The zero-order valence-electron chi connectivity index (χ0n) is 9.71. The molecule has 1 aromatic heterocycles. The smallest absolute Gasteiger partial charge is 0.256 e. The van der Waals surface area contributed by atoms with Gasteiger partial charge < -0.3 is 11.1 Å². The molecule has 3 N–H and O–H groups in total. The average molecular weight is 271 g/mol. The van der Waals surface area contributed by atoms with Crippen molar-refractivity contribution in [2.24, 2.45) is 5.73 Å². The number of nitriles is 1. The number of carbonyl (C=O) groups excluding carboxylic acids is 2. The van der Waals surface area contributed by atoms with Crippen LogP contribution < -0.4 is 11.1 Å². The van der Waals surface area contributed by atoms with Crippen LogP contribution in [0.15, 0.2) is 35.7 Å². The summed E-state index contributed by atoms with van der Waals surface area (Å²) < 4.78 is 0. The van der Waals surface area contributed by atoms with Gasteiger partial charge in [-0.3, -0.25) is 9.59 Å². The van der Waals surface area contributed by atoms with Crippen molar-refractivity contribution in [2.75, 3.05) is 5.32 Å². The molecule has 5 nitrogen and oxygen atoms in total. The van der Waals surface area contributed by atoms with Gasteiger partial charge in [0, 0.05) is 5.56 Å². The van der Waals surface area contributed by atoms with Crippen LogP contribution in [-0.2, 0) is 0 Å². The van der Waals surface area contributed by atoms with Gasteiger partial charge in [-0.1, -0.05) is 0 Å². The Labute approximate surface area is 113 Å². The highest BCUT2D eigenvalue weighted by atomic mass is 32.1. The van der Waals surface area contributed by atoms with E-state index >= 15 is 0 Å². The first-order chi connectivity index (χ1) is 9.11. The van der Waals surface area contributed by atoms with E-state index in [0.29, 0.717) is 16.1 Å². The van der Waals surface area contributed by atoms with Crippen LogP contribution in [0.5, 0.6) is 0 Å². The van der Waals surface area contributed by atoms with E-state index < -0.39 is 5.91 Å². The van der Waals surface area contributed by atoms with Gasteiger partial charge in [0.15, 0.2) is 0 Å². The number of hydrogen-bond donors (Lipinski definition) is 2. The number of benzene rings is 1. The maximum Gasteiger partial charge on any atom is 0.256 e. The fraction of sp³-hybridized carbons (Fsp3) is 0. The predicted molar refractivity (Wildman–Crippen MR) is 71.9 cm³/mol. The van der Waals surface area contributed by atoms with Gasteiger partial charge in [-0.15, -0.1) is 11.3 Å². The minimum atomic E-state index is -0.587. The Hall–Kier alpha value is -2.65. The van der Waals surface area contributed by atoms with Gasteiger partial charge in [-0.2, -0.15) is 5.26 Å². The van der Waals surface area contributed by atoms with Crippen LogP contribution in [0.25, 0.3) is 0 Å². The molecule has 1 heterocycles. The number of amides is 2. The minimum Gasteiger partial charge on any atom is -0.366 e. The molecular weight excluding hydrogens is 262 g/mol. The number of nitrogens with one attached hydrogen (secondary N) is 1. The fourth-order valence-electron chi connectivity index (χ4n) is 1.47. The van der Waals surface area contributed by atoms with E-state index in [4.69, 9.17) is 11.0 Å². The third-order valence-electron chi connectivity index (χ3n) is 2.43. The zero-order chi connectivity index (χ0) is 13.8. The fourth-order valence-corrected chi connectivity index (χ4v) is 2.26. The molecule has 0 aliphatic heterocycles. The summed E-state index contributed by atoms with van der Waals surface area (Å²) in [5.41, 5.74) is 6.36. The van der Waals surface area contributed by atoms with Crippen LogP contribution in [0.4, 0.5) is 5.00 Å². The van der Waals surface area contributed by atoms with E-state index in [1.54, 1.807) is 35.7 Å². The van der Waals surface area contributed by atoms with Crippen LogP contribution in [0.2, 0.25) is 0 Å². The molecule has 0 saturated heterocycles. The molecule has 94 valence electrons. The average Bonchev–Trinajstić information content (AvgIpc) is 2.87. The lowest BCUT2D eigenvalue weighted by Gasteiger charge is -2.04. The summed E-state index contributed by atoms with van der Waals surface area (Å²) in [7, 11) is 0. The number of thiophene rings is 1. The molecule has 0 radical (unpaired) electrons. The summed E-state index contributed by atoms with van der Waals surface area (Å²) in [6, 6.07) is 9.73. The predicted octanol–water partition coefficient (Wildman–Crippen LogP) is 1.97. The number of nitrogens with zero attached hydrogens (tertiary/aromatic N) is 1. The van der Waals surface area contributed by atoms with Crippen molar-refractivity contribution in [3.05, 3.63) is 52.4 Å². The summed E-state index contributed by atoms with van der Waals surface area (Å²) in [6.45, 7) is 0. The molecule has 0 unspecified atom stereocenters. The molecule has 2 amide bonds. The Morgan fingerprint density at radius 2 is 1.89 bits per heavy atom. The highest BCUT2D eigenvalue weighted by Crippen LogP contribution is 2.23. The van der Waals surface area contributed by atoms with Crippen molar-refractivity contribution in [1.29, 1.82) is 5.26 Å². The topological polar surface area (TPSA) is 96.0 Å². The Kier molecular flexibility index (Phi) is 3.59. The van der Waals surface area contributed by atoms with Crippen molar-refractivity contribution in [3.63, 3.8) is 0 Å². The van der Waals surface area contributed by atoms with E-state index in [9.17, 15) is 9.59 Å². The van der Waals surface area contributed by atoms with Crippen LogP contribution in [-0.4, -0.2) is 11.8 Å². The van der Waals surface area contributed by atoms with Crippen molar-refractivity contribution in [3.8, 4) is 6.07 Å². The van der Waals surface area contributed by atoms with E-state index in [1.165, 1.54) is 11.3 Å². The van der Waals surface area contributed by atoms with Gasteiger partial charge in [-0.05, 0) is 35.7 Å². The molecule has 0 atom stereocenters. The van der Waals surface area contributed by atoms with E-state index in [-0.39, 0.29) is 11.5 Å². The number of nitrogens with two attached hydrogens (primary N) is 1. The van der Waals surface area contributed by atoms with Crippen molar-refractivity contribution in [1.82, 2.24) is 0 Å². The van der Waals surface area contributed by atoms with Gasteiger partial charge in [0.2, 0.25) is 0 Å². The van der Waals surface area contributed by atoms with Gasteiger partial charge in [0.05, 0.1) is 17.2 Å². The number of rotatable bonds is 3. The Bertz CT molecular complexity index is 668. The highest BCUT2D eigenvalue weighted by Gasteiger charge is 2.13. The Balaban J connectivity index is 2.19. The Morgan fingerprint density at radius 1 is 1.21 bits per heavy atom. The third kappa shape index (κ3) is 2.78. The summed E-state index contributed by atoms with van der Waals surface area (Å²) >= 11 is 1.22. The first-order valence-electron chi connectivity index (χ1n) is 5.30. The second-order valence-electron chi connectivity index (χ2n) is 3.67. The third-order valence-corrected chi connectivity index (χ3v) is 3.26. The molecule has 0 saturated carbocycles. The molecule has 0 aliphatic carbocycles. The number of carbonyl (C=O) groups is 2. The number of primary amides is 1. The number of hydrogen-bond acceptors (Lipinski definition) is 4. The molecule has 0 spiro atoms. The van der Waals surface area contributed by atoms with Gasteiger partial charge >= 0.3 is 0 Å². The first kappa shape index (κ1) is 12.8. The molecule has 2 rings (SSSR count). The molecule has 0 aliphatic rings. The van der Waals surface area contributed by atoms with Gasteiger partial charge in [-0.25, -0.2) is 0 Å². The largest absolute Gasteiger partial charge is 0.366 e. The minimum absolute atomic E-state index is 0.284. The molecule has 6 heteroatoms. The number of anilines is 1. The summed E-state index contributed by atoms with van der Waals surface area (Å²) in [4.78, 5) is 23.1. The highest BCUT2D eigenvalue weighted by molar-refractivity contribution is 7.14. The quantitative estimate of drug-likeness (QED) is 0.893. The summed E-state index contributed by atoms with van der Waals surface area (Å²) in [5, 5.41) is 13.4.